The highest BCUT2D eigenvalue weighted by Gasteiger charge is 2.09. The normalized spacial score (nSPS) is 10.4. The van der Waals surface area contributed by atoms with Crippen LogP contribution in [0.2, 0.25) is 5.02 Å². The summed E-state index contributed by atoms with van der Waals surface area (Å²) in [4.78, 5) is 4.07. The van der Waals surface area contributed by atoms with Crippen molar-refractivity contribution in [2.45, 2.75) is 6.92 Å². The van der Waals surface area contributed by atoms with Crippen LogP contribution in [-0.2, 0) is 0 Å². The molecule has 2 aromatic rings. The zero-order valence-corrected chi connectivity index (χ0v) is 8.25. The molecule has 0 amide bonds. The number of nitrogens with two attached hydrogens (primary N) is 1. The van der Waals surface area contributed by atoms with Crippen molar-refractivity contribution in [3.05, 3.63) is 29.0 Å². The second-order valence-corrected chi connectivity index (χ2v) is 3.31. The summed E-state index contributed by atoms with van der Waals surface area (Å²) in [6, 6.07) is 5.13. The third-order valence-corrected chi connectivity index (χ3v) is 2.01. The van der Waals surface area contributed by atoms with Crippen molar-refractivity contribution in [2.24, 2.45) is 0 Å². The van der Waals surface area contributed by atoms with E-state index in [1.165, 1.54) is 0 Å². The van der Waals surface area contributed by atoms with E-state index >= 15 is 0 Å². The molecular weight excluding hydrogens is 202 g/mol. The van der Waals surface area contributed by atoms with Crippen LogP contribution in [0.15, 0.2) is 22.7 Å². The standard InChI is InChI=1S/C9H8ClN3O/c1-5-12-9(14-13-5)7-3-2-6(10)4-8(7)11/h2-4H,11H2,1H3. The summed E-state index contributed by atoms with van der Waals surface area (Å²) in [6.07, 6.45) is 0. The number of nitrogen functional groups attached to an aromatic ring is 1. The van der Waals surface area contributed by atoms with Gasteiger partial charge in [0.05, 0.1) is 5.56 Å². The lowest BCUT2D eigenvalue weighted by Crippen LogP contribution is -1.89. The molecule has 1 aromatic carbocycles. The number of rotatable bonds is 1. The summed E-state index contributed by atoms with van der Waals surface area (Å²) in [6.45, 7) is 1.75. The summed E-state index contributed by atoms with van der Waals surface area (Å²) in [5.41, 5.74) is 6.98. The number of anilines is 1. The Morgan fingerprint density at radius 3 is 2.79 bits per heavy atom. The van der Waals surface area contributed by atoms with Crippen molar-refractivity contribution < 1.29 is 4.52 Å². The first-order valence-corrected chi connectivity index (χ1v) is 4.40. The number of hydrogen-bond acceptors (Lipinski definition) is 4. The van der Waals surface area contributed by atoms with Crippen LogP contribution in [0.4, 0.5) is 5.69 Å². The molecule has 4 nitrogen and oxygen atoms in total. The Hall–Kier alpha value is -1.55. The molecule has 5 heteroatoms. The molecule has 0 bridgehead atoms. The maximum atomic E-state index is 5.76. The molecule has 2 rings (SSSR count). The fraction of sp³-hybridized carbons (Fsp3) is 0.111. The summed E-state index contributed by atoms with van der Waals surface area (Å²) in [7, 11) is 0. The Morgan fingerprint density at radius 2 is 2.21 bits per heavy atom. The second kappa shape index (κ2) is 3.31. The van der Waals surface area contributed by atoms with Gasteiger partial charge in [0.2, 0.25) is 0 Å². The molecule has 0 fully saturated rings. The Bertz CT molecular complexity index is 467. The second-order valence-electron chi connectivity index (χ2n) is 2.88. The van der Waals surface area contributed by atoms with E-state index in [4.69, 9.17) is 21.9 Å². The smallest absolute Gasteiger partial charge is 0.260 e. The van der Waals surface area contributed by atoms with Crippen LogP contribution in [0.1, 0.15) is 5.82 Å². The minimum atomic E-state index is 0.414. The van der Waals surface area contributed by atoms with Gasteiger partial charge in [-0.2, -0.15) is 4.98 Å². The third kappa shape index (κ3) is 1.56. The van der Waals surface area contributed by atoms with Crippen molar-refractivity contribution in [2.75, 3.05) is 5.73 Å². The molecule has 0 radical (unpaired) electrons. The van der Waals surface area contributed by atoms with Crippen LogP contribution >= 0.6 is 11.6 Å². The Morgan fingerprint density at radius 1 is 1.43 bits per heavy atom. The van der Waals surface area contributed by atoms with Crippen molar-refractivity contribution in [1.82, 2.24) is 10.1 Å². The molecule has 0 aliphatic heterocycles. The summed E-state index contributed by atoms with van der Waals surface area (Å²) < 4.78 is 4.99. The molecule has 0 aliphatic carbocycles. The predicted molar refractivity (Wildman–Crippen MR) is 53.9 cm³/mol. The third-order valence-electron chi connectivity index (χ3n) is 1.77. The lowest BCUT2D eigenvalue weighted by molar-refractivity contribution is 0.426. The lowest BCUT2D eigenvalue weighted by Gasteiger charge is -1.99. The average Bonchev–Trinajstić information content (AvgIpc) is 2.51. The van der Waals surface area contributed by atoms with Gasteiger partial charge in [-0.3, -0.25) is 0 Å². The fourth-order valence-corrected chi connectivity index (χ4v) is 1.32. The van der Waals surface area contributed by atoms with E-state index in [-0.39, 0.29) is 0 Å². The Labute approximate surface area is 85.7 Å². The van der Waals surface area contributed by atoms with Gasteiger partial charge < -0.3 is 10.3 Å². The summed E-state index contributed by atoms with van der Waals surface area (Å²) in [5.74, 6) is 0.992. The molecule has 0 saturated carbocycles. The van der Waals surface area contributed by atoms with Crippen molar-refractivity contribution >= 4 is 17.3 Å². The molecule has 1 aromatic heterocycles. The maximum Gasteiger partial charge on any atom is 0.260 e. The number of halogens is 1. The SMILES string of the molecule is Cc1noc(-c2ccc(Cl)cc2N)n1. The highest BCUT2D eigenvalue weighted by molar-refractivity contribution is 6.31. The van der Waals surface area contributed by atoms with Gasteiger partial charge in [0.1, 0.15) is 0 Å². The highest BCUT2D eigenvalue weighted by atomic mass is 35.5. The van der Waals surface area contributed by atoms with Crippen molar-refractivity contribution in [1.29, 1.82) is 0 Å². The molecule has 2 N–H and O–H groups in total. The number of benzene rings is 1. The van der Waals surface area contributed by atoms with Crippen LogP contribution in [0.3, 0.4) is 0 Å². The molecule has 0 aliphatic rings. The van der Waals surface area contributed by atoms with E-state index in [1.807, 2.05) is 0 Å². The molecule has 0 atom stereocenters. The first-order valence-electron chi connectivity index (χ1n) is 4.02. The van der Waals surface area contributed by atoms with Crippen LogP contribution in [-0.4, -0.2) is 10.1 Å². The minimum absolute atomic E-state index is 0.414. The zero-order valence-electron chi connectivity index (χ0n) is 7.49. The van der Waals surface area contributed by atoms with E-state index in [1.54, 1.807) is 25.1 Å². The lowest BCUT2D eigenvalue weighted by atomic mass is 10.2. The quantitative estimate of drug-likeness (QED) is 0.732. The predicted octanol–water partition coefficient (Wildman–Crippen LogP) is 2.28. The molecule has 14 heavy (non-hydrogen) atoms. The van der Waals surface area contributed by atoms with Crippen molar-refractivity contribution in [3.63, 3.8) is 0 Å². The van der Waals surface area contributed by atoms with E-state index < -0.39 is 0 Å². The van der Waals surface area contributed by atoms with Gasteiger partial charge >= 0.3 is 0 Å². The average molecular weight is 210 g/mol. The molecule has 72 valence electrons. The van der Waals surface area contributed by atoms with Crippen LogP contribution in [0, 0.1) is 6.92 Å². The Kier molecular flexibility index (Phi) is 2.13. The van der Waals surface area contributed by atoms with Gasteiger partial charge in [-0.15, -0.1) is 0 Å². The summed E-state index contributed by atoms with van der Waals surface area (Å²) in [5, 5.41) is 4.27. The van der Waals surface area contributed by atoms with E-state index in [0.717, 1.165) is 0 Å². The topological polar surface area (TPSA) is 64.9 Å². The van der Waals surface area contributed by atoms with Gasteiger partial charge in [-0.25, -0.2) is 0 Å². The first-order chi connectivity index (χ1) is 6.66. The van der Waals surface area contributed by atoms with Crippen LogP contribution in [0.25, 0.3) is 11.5 Å². The fourth-order valence-electron chi connectivity index (χ4n) is 1.13. The van der Waals surface area contributed by atoms with Gasteiger partial charge in [0, 0.05) is 10.7 Å². The first kappa shape index (κ1) is 9.02. The largest absolute Gasteiger partial charge is 0.398 e. The summed E-state index contributed by atoms with van der Waals surface area (Å²) >= 11 is 5.76. The van der Waals surface area contributed by atoms with Crippen LogP contribution < -0.4 is 5.73 Å². The van der Waals surface area contributed by atoms with E-state index in [0.29, 0.717) is 28.0 Å². The number of aryl methyl sites for hydroxylation is 1. The Balaban J connectivity index is 2.52. The van der Waals surface area contributed by atoms with Gasteiger partial charge in [0.15, 0.2) is 5.82 Å². The van der Waals surface area contributed by atoms with Crippen molar-refractivity contribution in [3.8, 4) is 11.5 Å². The minimum Gasteiger partial charge on any atom is -0.398 e. The molecule has 1 heterocycles. The zero-order chi connectivity index (χ0) is 10.1. The molecule has 0 spiro atoms. The molecule has 0 unspecified atom stereocenters. The molecule has 0 saturated heterocycles. The number of hydrogen-bond donors (Lipinski definition) is 1. The van der Waals surface area contributed by atoms with Crippen LogP contribution in [0.5, 0.6) is 0 Å². The monoisotopic (exact) mass is 209 g/mol. The van der Waals surface area contributed by atoms with Gasteiger partial charge in [0.25, 0.3) is 5.89 Å². The van der Waals surface area contributed by atoms with E-state index in [9.17, 15) is 0 Å². The number of nitrogens with zero attached hydrogens (tertiary/aromatic N) is 2. The molecular formula is C9H8ClN3O. The number of aromatic nitrogens is 2. The maximum absolute atomic E-state index is 5.76. The van der Waals surface area contributed by atoms with Gasteiger partial charge in [-0.1, -0.05) is 16.8 Å². The highest BCUT2D eigenvalue weighted by Crippen LogP contribution is 2.26. The van der Waals surface area contributed by atoms with E-state index in [2.05, 4.69) is 10.1 Å². The van der Waals surface area contributed by atoms with Gasteiger partial charge in [-0.05, 0) is 25.1 Å².